The maximum atomic E-state index is 12.1. The molecule has 2 aliphatic heterocycles. The largest absolute Gasteiger partial charge is 0.466 e. The van der Waals surface area contributed by atoms with Crippen LogP contribution >= 0.6 is 24.0 Å². The molecule has 1 atom stereocenters. The molecule has 1 aromatic rings. The summed E-state index contributed by atoms with van der Waals surface area (Å²) in [6.45, 7) is 13.1. The molecule has 1 unspecified atom stereocenters. The maximum absolute atomic E-state index is 12.1. The molecule has 32 heavy (non-hydrogen) atoms. The van der Waals surface area contributed by atoms with Crippen LogP contribution in [0, 0.1) is 12.8 Å². The molecule has 2 aliphatic rings. The SMILES string of the molecule is CCNC(=NCC(c1ccc(C)cc1)N1CCOCC1)N1CCC(C(=O)OCC)CC1.I. The molecule has 0 saturated carbocycles. The first-order chi connectivity index (χ1) is 15.1. The van der Waals surface area contributed by atoms with Crippen LogP contribution in [0.25, 0.3) is 0 Å². The van der Waals surface area contributed by atoms with Gasteiger partial charge in [0.05, 0.1) is 38.3 Å². The smallest absolute Gasteiger partial charge is 0.309 e. The number of esters is 1. The Kier molecular flexibility index (Phi) is 11.7. The number of aryl methyl sites for hydroxylation is 1. The number of aliphatic imine (C=N–C) groups is 1. The van der Waals surface area contributed by atoms with Crippen molar-refractivity contribution in [1.82, 2.24) is 15.1 Å². The fraction of sp³-hybridized carbons (Fsp3) is 0.667. The summed E-state index contributed by atoms with van der Waals surface area (Å²) in [6, 6.07) is 9.04. The Morgan fingerprint density at radius 1 is 1.16 bits per heavy atom. The molecule has 3 rings (SSSR count). The Labute approximate surface area is 209 Å². The predicted molar refractivity (Wildman–Crippen MR) is 139 cm³/mol. The highest BCUT2D eigenvalue weighted by atomic mass is 127. The zero-order chi connectivity index (χ0) is 22.1. The zero-order valence-electron chi connectivity index (χ0n) is 19.7. The molecule has 180 valence electrons. The van der Waals surface area contributed by atoms with Crippen molar-refractivity contribution in [2.45, 2.75) is 39.7 Å². The zero-order valence-corrected chi connectivity index (χ0v) is 22.0. The number of ether oxygens (including phenoxy) is 2. The summed E-state index contributed by atoms with van der Waals surface area (Å²) in [5, 5.41) is 3.46. The average Bonchev–Trinajstić information content (AvgIpc) is 2.80. The number of rotatable bonds is 7. The lowest BCUT2D eigenvalue weighted by molar-refractivity contribution is -0.149. The molecule has 2 fully saturated rings. The van der Waals surface area contributed by atoms with Crippen molar-refractivity contribution in [3.05, 3.63) is 35.4 Å². The minimum absolute atomic E-state index is 0. The van der Waals surface area contributed by atoms with E-state index in [1.54, 1.807) is 0 Å². The van der Waals surface area contributed by atoms with Gasteiger partial charge in [0, 0.05) is 32.7 Å². The third-order valence-corrected chi connectivity index (χ3v) is 6.11. The molecule has 7 nitrogen and oxygen atoms in total. The number of benzene rings is 1. The van der Waals surface area contributed by atoms with Crippen LogP contribution < -0.4 is 5.32 Å². The molecule has 0 spiro atoms. The van der Waals surface area contributed by atoms with E-state index in [9.17, 15) is 4.79 Å². The first kappa shape index (κ1) is 26.9. The number of nitrogens with one attached hydrogen (secondary N) is 1. The maximum Gasteiger partial charge on any atom is 0.309 e. The molecule has 0 bridgehead atoms. The molecular formula is C24H39IN4O3. The van der Waals surface area contributed by atoms with E-state index in [0.717, 1.165) is 64.7 Å². The standard InChI is InChI=1S/C24H38N4O3.HI/c1-4-25-24(28-12-10-21(11-13-28)23(29)31-5-2)26-18-22(27-14-16-30-17-15-27)20-8-6-19(3)7-9-20;/h6-9,21-22H,4-5,10-18H2,1-3H3,(H,25,26);1H. The van der Waals surface area contributed by atoms with Crippen molar-refractivity contribution >= 4 is 35.9 Å². The molecule has 2 saturated heterocycles. The minimum Gasteiger partial charge on any atom is -0.466 e. The van der Waals surface area contributed by atoms with Crippen LogP contribution in [-0.4, -0.2) is 80.8 Å². The van der Waals surface area contributed by atoms with Gasteiger partial charge < -0.3 is 19.7 Å². The highest BCUT2D eigenvalue weighted by Crippen LogP contribution is 2.24. The molecule has 1 N–H and O–H groups in total. The monoisotopic (exact) mass is 558 g/mol. The highest BCUT2D eigenvalue weighted by Gasteiger charge is 2.28. The number of likely N-dealkylation sites (tertiary alicyclic amines) is 1. The van der Waals surface area contributed by atoms with Crippen LogP contribution in [-0.2, 0) is 14.3 Å². The second-order valence-corrected chi connectivity index (χ2v) is 8.28. The van der Waals surface area contributed by atoms with E-state index in [1.807, 2.05) is 6.92 Å². The quantitative estimate of drug-likeness (QED) is 0.240. The van der Waals surface area contributed by atoms with Crippen LogP contribution in [0.2, 0.25) is 0 Å². The van der Waals surface area contributed by atoms with Crippen LogP contribution in [0.3, 0.4) is 0 Å². The summed E-state index contributed by atoms with van der Waals surface area (Å²) in [7, 11) is 0. The molecule has 0 amide bonds. The number of carbonyl (C=O) groups is 1. The number of halogens is 1. The van der Waals surface area contributed by atoms with Crippen LogP contribution in [0.1, 0.15) is 43.9 Å². The lowest BCUT2D eigenvalue weighted by Crippen LogP contribution is -2.47. The van der Waals surface area contributed by atoms with E-state index in [-0.39, 0.29) is 41.9 Å². The molecule has 0 aromatic heterocycles. The summed E-state index contributed by atoms with van der Waals surface area (Å²) < 4.78 is 10.8. The van der Waals surface area contributed by atoms with Crippen LogP contribution in [0.15, 0.2) is 29.3 Å². The third kappa shape index (κ3) is 7.59. The number of hydrogen-bond acceptors (Lipinski definition) is 5. The van der Waals surface area contributed by atoms with Crippen molar-refractivity contribution < 1.29 is 14.3 Å². The Bertz CT molecular complexity index is 714. The second kappa shape index (κ2) is 14.0. The van der Waals surface area contributed by atoms with Gasteiger partial charge in [-0.05, 0) is 39.2 Å². The lowest BCUT2D eigenvalue weighted by Gasteiger charge is -2.36. The van der Waals surface area contributed by atoms with Crippen molar-refractivity contribution in [3.63, 3.8) is 0 Å². The van der Waals surface area contributed by atoms with Gasteiger partial charge in [-0.15, -0.1) is 24.0 Å². The summed E-state index contributed by atoms with van der Waals surface area (Å²) in [5.41, 5.74) is 2.57. The number of nitrogens with zero attached hydrogens (tertiary/aromatic N) is 3. The second-order valence-electron chi connectivity index (χ2n) is 8.28. The Balaban J connectivity index is 0.00000363. The number of piperidine rings is 1. The van der Waals surface area contributed by atoms with Crippen molar-refractivity contribution in [2.75, 3.05) is 59.1 Å². The highest BCUT2D eigenvalue weighted by molar-refractivity contribution is 14.0. The molecule has 2 heterocycles. The first-order valence-corrected chi connectivity index (χ1v) is 11.7. The Morgan fingerprint density at radius 2 is 1.81 bits per heavy atom. The topological polar surface area (TPSA) is 66.4 Å². The fourth-order valence-electron chi connectivity index (χ4n) is 4.30. The number of guanidine groups is 1. The average molecular weight is 559 g/mol. The van der Waals surface area contributed by atoms with Crippen molar-refractivity contribution in [2.24, 2.45) is 10.9 Å². The number of morpholine rings is 1. The third-order valence-electron chi connectivity index (χ3n) is 6.11. The molecular weight excluding hydrogens is 519 g/mol. The Morgan fingerprint density at radius 3 is 2.41 bits per heavy atom. The van der Waals surface area contributed by atoms with Gasteiger partial charge in [0.15, 0.2) is 5.96 Å². The summed E-state index contributed by atoms with van der Waals surface area (Å²) in [4.78, 5) is 21.9. The summed E-state index contributed by atoms with van der Waals surface area (Å²) in [5.74, 6) is 0.888. The number of carbonyl (C=O) groups excluding carboxylic acids is 1. The van der Waals surface area contributed by atoms with Gasteiger partial charge >= 0.3 is 5.97 Å². The summed E-state index contributed by atoms with van der Waals surface area (Å²) in [6.07, 6.45) is 1.63. The first-order valence-electron chi connectivity index (χ1n) is 11.7. The lowest BCUT2D eigenvalue weighted by atomic mass is 9.97. The Hall–Kier alpha value is -1.39. The molecule has 1 aromatic carbocycles. The van der Waals surface area contributed by atoms with E-state index in [1.165, 1.54) is 11.1 Å². The van der Waals surface area contributed by atoms with E-state index >= 15 is 0 Å². The van der Waals surface area contributed by atoms with Gasteiger partial charge in [-0.3, -0.25) is 14.7 Å². The van der Waals surface area contributed by atoms with Crippen LogP contribution in [0.4, 0.5) is 0 Å². The van der Waals surface area contributed by atoms with Crippen molar-refractivity contribution in [3.8, 4) is 0 Å². The van der Waals surface area contributed by atoms with Gasteiger partial charge in [0.1, 0.15) is 0 Å². The van der Waals surface area contributed by atoms with E-state index in [0.29, 0.717) is 13.2 Å². The molecule has 0 radical (unpaired) electrons. The normalized spacial score (nSPS) is 19.2. The van der Waals surface area contributed by atoms with Gasteiger partial charge in [0.2, 0.25) is 0 Å². The van der Waals surface area contributed by atoms with Gasteiger partial charge in [-0.25, -0.2) is 0 Å². The summed E-state index contributed by atoms with van der Waals surface area (Å²) >= 11 is 0. The molecule has 0 aliphatic carbocycles. The van der Waals surface area contributed by atoms with E-state index < -0.39 is 0 Å². The van der Waals surface area contributed by atoms with Gasteiger partial charge in [-0.2, -0.15) is 0 Å². The van der Waals surface area contributed by atoms with E-state index in [2.05, 4.69) is 53.2 Å². The fourth-order valence-corrected chi connectivity index (χ4v) is 4.30. The predicted octanol–water partition coefficient (Wildman–Crippen LogP) is 3.23. The minimum atomic E-state index is -0.0594. The van der Waals surface area contributed by atoms with Gasteiger partial charge in [-0.1, -0.05) is 29.8 Å². The molecule has 8 heteroatoms. The number of hydrogen-bond donors (Lipinski definition) is 1. The van der Waals surface area contributed by atoms with Crippen molar-refractivity contribution in [1.29, 1.82) is 0 Å². The van der Waals surface area contributed by atoms with Crippen LogP contribution in [0.5, 0.6) is 0 Å². The van der Waals surface area contributed by atoms with Gasteiger partial charge in [0.25, 0.3) is 0 Å². The van der Waals surface area contributed by atoms with E-state index in [4.69, 9.17) is 14.5 Å².